The number of hydrogen-bond donors (Lipinski definition) is 6. The highest BCUT2D eigenvalue weighted by Crippen LogP contribution is 2.23. The molecule has 0 bridgehead atoms. The second kappa shape index (κ2) is 13.3. The molecule has 1 saturated heterocycles. The SMILES string of the molecule is CSCCC(N)C(=O)NC(Cc1c[nH]c2ccccc12)C(=O)N1CCCC1C(=O)NC(CC(N)=O)C(=O)O. The fourth-order valence-corrected chi connectivity index (χ4v) is 5.04. The number of fused-ring (bicyclic) bond motifs is 1. The van der Waals surface area contributed by atoms with Crippen LogP contribution in [0.4, 0.5) is 0 Å². The molecule has 1 aromatic carbocycles. The van der Waals surface area contributed by atoms with Gasteiger partial charge in [-0.1, -0.05) is 18.2 Å². The van der Waals surface area contributed by atoms with Gasteiger partial charge in [0, 0.05) is 30.1 Å². The van der Waals surface area contributed by atoms with Crippen LogP contribution in [0.15, 0.2) is 30.5 Å². The van der Waals surface area contributed by atoms with Crippen LogP contribution in [0, 0.1) is 0 Å². The Balaban J connectivity index is 1.82. The Morgan fingerprint density at radius 3 is 2.61 bits per heavy atom. The van der Waals surface area contributed by atoms with Crippen LogP contribution in [-0.2, 0) is 30.4 Å². The number of aromatic amines is 1. The quantitative estimate of drug-likeness (QED) is 0.197. The summed E-state index contributed by atoms with van der Waals surface area (Å²) in [6, 6.07) is 3.30. The zero-order chi connectivity index (χ0) is 27.8. The maximum atomic E-state index is 13.8. The zero-order valence-electron chi connectivity index (χ0n) is 21.1. The van der Waals surface area contributed by atoms with Crippen LogP contribution in [0.5, 0.6) is 0 Å². The van der Waals surface area contributed by atoms with E-state index in [1.165, 1.54) is 4.90 Å². The Morgan fingerprint density at radius 1 is 1.18 bits per heavy atom. The summed E-state index contributed by atoms with van der Waals surface area (Å²) in [6.45, 7) is 0.253. The fraction of sp³-hybridized carbons (Fsp3) is 0.480. The van der Waals surface area contributed by atoms with Crippen LogP contribution in [0.3, 0.4) is 0 Å². The Labute approximate surface area is 224 Å². The second-order valence-electron chi connectivity index (χ2n) is 9.27. The Hall–Kier alpha value is -3.58. The van der Waals surface area contributed by atoms with Crippen molar-refractivity contribution >= 4 is 52.3 Å². The molecule has 1 aliphatic heterocycles. The van der Waals surface area contributed by atoms with Gasteiger partial charge in [-0.2, -0.15) is 11.8 Å². The van der Waals surface area contributed by atoms with Crippen molar-refractivity contribution in [2.75, 3.05) is 18.6 Å². The van der Waals surface area contributed by atoms with Gasteiger partial charge in [-0.15, -0.1) is 0 Å². The van der Waals surface area contributed by atoms with Crippen molar-refractivity contribution in [2.24, 2.45) is 11.5 Å². The van der Waals surface area contributed by atoms with Crippen LogP contribution in [0.25, 0.3) is 10.9 Å². The molecule has 206 valence electrons. The summed E-state index contributed by atoms with van der Waals surface area (Å²) < 4.78 is 0. The van der Waals surface area contributed by atoms with E-state index in [-0.39, 0.29) is 13.0 Å². The van der Waals surface area contributed by atoms with Crippen molar-refractivity contribution in [3.8, 4) is 0 Å². The summed E-state index contributed by atoms with van der Waals surface area (Å²) in [5.74, 6) is -3.24. The highest BCUT2D eigenvalue weighted by Gasteiger charge is 2.39. The summed E-state index contributed by atoms with van der Waals surface area (Å²) in [7, 11) is 0. The molecule has 0 saturated carbocycles. The molecule has 0 spiro atoms. The molecule has 1 fully saturated rings. The number of thioether (sulfide) groups is 1. The molecule has 12 nitrogen and oxygen atoms in total. The number of nitrogens with zero attached hydrogens (tertiary/aromatic N) is 1. The van der Waals surface area contributed by atoms with Crippen LogP contribution in [0.2, 0.25) is 0 Å². The van der Waals surface area contributed by atoms with Gasteiger partial charge < -0.3 is 37.1 Å². The summed E-state index contributed by atoms with van der Waals surface area (Å²) in [6.07, 6.45) is 4.53. The van der Waals surface area contributed by atoms with Gasteiger partial charge in [0.2, 0.25) is 23.6 Å². The van der Waals surface area contributed by atoms with E-state index in [4.69, 9.17) is 11.5 Å². The van der Waals surface area contributed by atoms with E-state index in [1.807, 2.05) is 30.5 Å². The minimum Gasteiger partial charge on any atom is -0.480 e. The first-order valence-corrected chi connectivity index (χ1v) is 13.7. The van der Waals surface area contributed by atoms with E-state index in [2.05, 4.69) is 15.6 Å². The van der Waals surface area contributed by atoms with Gasteiger partial charge in [0.25, 0.3) is 0 Å². The van der Waals surface area contributed by atoms with E-state index in [0.29, 0.717) is 25.0 Å². The summed E-state index contributed by atoms with van der Waals surface area (Å²) in [4.78, 5) is 66.9. The summed E-state index contributed by atoms with van der Waals surface area (Å²) in [5, 5.41) is 15.4. The number of nitrogens with two attached hydrogens (primary N) is 2. The Kier molecular flexibility index (Phi) is 10.1. The standard InChI is InChI=1S/C25H34N6O6S/c1-38-10-8-16(26)22(33)29-18(11-14-13-28-17-6-3-2-5-15(14)17)24(35)31-9-4-7-20(31)23(34)30-19(25(36)37)12-21(27)32/h2-3,5-6,13,16,18-20,28H,4,7-12,26H2,1H3,(H2,27,32)(H,29,33)(H,30,34)(H,36,37). The highest BCUT2D eigenvalue weighted by atomic mass is 32.2. The molecule has 3 rings (SSSR count). The number of para-hydroxylation sites is 1. The topological polar surface area (TPSA) is 201 Å². The first-order chi connectivity index (χ1) is 18.1. The first-order valence-electron chi connectivity index (χ1n) is 12.3. The van der Waals surface area contributed by atoms with Crippen molar-refractivity contribution in [3.05, 3.63) is 36.0 Å². The van der Waals surface area contributed by atoms with E-state index in [1.54, 1.807) is 18.0 Å². The Morgan fingerprint density at radius 2 is 1.92 bits per heavy atom. The smallest absolute Gasteiger partial charge is 0.326 e. The third-order valence-corrected chi connectivity index (χ3v) is 7.19. The number of nitrogens with one attached hydrogen (secondary N) is 3. The molecule has 0 radical (unpaired) electrons. The number of carboxylic acid groups (broad SMARTS) is 1. The number of aromatic nitrogens is 1. The minimum atomic E-state index is -1.51. The van der Waals surface area contributed by atoms with Gasteiger partial charge in [0.15, 0.2) is 0 Å². The van der Waals surface area contributed by atoms with Crippen LogP contribution in [-0.4, -0.2) is 87.3 Å². The number of amides is 4. The number of carbonyl (C=O) groups excluding carboxylic acids is 4. The van der Waals surface area contributed by atoms with Crippen molar-refractivity contribution in [2.45, 2.75) is 56.3 Å². The van der Waals surface area contributed by atoms with Gasteiger partial charge in [-0.3, -0.25) is 19.2 Å². The number of rotatable bonds is 13. The van der Waals surface area contributed by atoms with Crippen molar-refractivity contribution in [1.29, 1.82) is 0 Å². The molecular formula is C25H34N6O6S. The van der Waals surface area contributed by atoms with E-state index in [0.717, 1.165) is 16.5 Å². The van der Waals surface area contributed by atoms with Crippen LogP contribution >= 0.6 is 11.8 Å². The monoisotopic (exact) mass is 546 g/mol. The molecule has 1 aliphatic rings. The van der Waals surface area contributed by atoms with Gasteiger partial charge >= 0.3 is 5.97 Å². The van der Waals surface area contributed by atoms with Gasteiger partial charge in [0.05, 0.1) is 12.5 Å². The number of hydrogen-bond acceptors (Lipinski definition) is 7. The molecule has 2 aromatic rings. The lowest BCUT2D eigenvalue weighted by Gasteiger charge is -2.30. The van der Waals surface area contributed by atoms with Crippen molar-refractivity contribution in [1.82, 2.24) is 20.5 Å². The lowest BCUT2D eigenvalue weighted by atomic mass is 10.0. The van der Waals surface area contributed by atoms with Crippen LogP contribution < -0.4 is 22.1 Å². The van der Waals surface area contributed by atoms with Crippen molar-refractivity contribution in [3.63, 3.8) is 0 Å². The molecular weight excluding hydrogens is 512 g/mol. The molecule has 38 heavy (non-hydrogen) atoms. The third kappa shape index (κ3) is 7.25. The maximum absolute atomic E-state index is 13.8. The number of benzene rings is 1. The third-order valence-electron chi connectivity index (χ3n) is 6.54. The number of aliphatic carboxylic acids is 1. The number of carboxylic acids is 1. The number of H-pyrrole nitrogens is 1. The zero-order valence-corrected chi connectivity index (χ0v) is 22.0. The van der Waals surface area contributed by atoms with Gasteiger partial charge in [-0.25, -0.2) is 4.79 Å². The number of primary amides is 1. The summed E-state index contributed by atoms with van der Waals surface area (Å²) >= 11 is 1.56. The molecule has 4 unspecified atom stereocenters. The van der Waals surface area contributed by atoms with E-state index in [9.17, 15) is 29.1 Å². The molecule has 13 heteroatoms. The number of likely N-dealkylation sites (tertiary alicyclic amines) is 1. The Bertz CT molecular complexity index is 1190. The predicted molar refractivity (Wildman–Crippen MR) is 143 cm³/mol. The van der Waals surface area contributed by atoms with Gasteiger partial charge in [0.1, 0.15) is 18.1 Å². The fourth-order valence-electron chi connectivity index (χ4n) is 4.55. The minimum absolute atomic E-state index is 0.161. The largest absolute Gasteiger partial charge is 0.480 e. The number of carbonyl (C=O) groups is 5. The predicted octanol–water partition coefficient (Wildman–Crippen LogP) is -0.289. The first kappa shape index (κ1) is 29.0. The normalized spacial score (nSPS) is 17.5. The highest BCUT2D eigenvalue weighted by molar-refractivity contribution is 7.98. The maximum Gasteiger partial charge on any atom is 0.326 e. The molecule has 8 N–H and O–H groups in total. The van der Waals surface area contributed by atoms with E-state index >= 15 is 0 Å². The molecule has 0 aliphatic carbocycles. The second-order valence-corrected chi connectivity index (χ2v) is 10.3. The molecule has 1 aromatic heterocycles. The lowest BCUT2D eigenvalue weighted by Crippen LogP contribution is -2.57. The average Bonchev–Trinajstić information content (AvgIpc) is 3.53. The summed E-state index contributed by atoms with van der Waals surface area (Å²) in [5.41, 5.74) is 12.9. The molecule has 2 heterocycles. The van der Waals surface area contributed by atoms with Crippen LogP contribution in [0.1, 0.15) is 31.2 Å². The average molecular weight is 547 g/mol. The van der Waals surface area contributed by atoms with Gasteiger partial charge in [-0.05, 0) is 42.9 Å². The lowest BCUT2D eigenvalue weighted by molar-refractivity contribution is -0.145. The van der Waals surface area contributed by atoms with Crippen molar-refractivity contribution < 1.29 is 29.1 Å². The molecule has 4 atom stereocenters. The van der Waals surface area contributed by atoms with E-state index < -0.39 is 60.2 Å². The molecule has 4 amide bonds.